The maximum absolute atomic E-state index is 13.0. The van der Waals surface area contributed by atoms with Crippen LogP contribution in [0.15, 0.2) is 24.3 Å². The highest BCUT2D eigenvalue weighted by Crippen LogP contribution is 2.29. The van der Waals surface area contributed by atoms with Gasteiger partial charge < -0.3 is 4.90 Å². The van der Waals surface area contributed by atoms with Crippen molar-refractivity contribution < 1.29 is 4.39 Å². The van der Waals surface area contributed by atoms with E-state index in [0.717, 1.165) is 37.3 Å². The predicted octanol–water partition coefficient (Wildman–Crippen LogP) is 2.70. The van der Waals surface area contributed by atoms with Gasteiger partial charge in [-0.2, -0.15) is 5.10 Å². The van der Waals surface area contributed by atoms with Crippen molar-refractivity contribution in [1.82, 2.24) is 14.7 Å². The number of hydrogen-bond donors (Lipinski definition) is 0. The number of aromatic nitrogens is 2. The summed E-state index contributed by atoms with van der Waals surface area (Å²) in [5, 5.41) is 4.71. The van der Waals surface area contributed by atoms with Gasteiger partial charge in [0.05, 0.1) is 5.69 Å². The molecule has 3 nitrogen and oxygen atoms in total. The summed E-state index contributed by atoms with van der Waals surface area (Å²) in [6.45, 7) is 4.98. The van der Waals surface area contributed by atoms with Crippen LogP contribution in [0.2, 0.25) is 0 Å². The Morgan fingerprint density at radius 1 is 1.26 bits per heavy atom. The van der Waals surface area contributed by atoms with Gasteiger partial charge in [0.2, 0.25) is 0 Å². The molecular formula is C15H18FN3. The van der Waals surface area contributed by atoms with Gasteiger partial charge in [-0.05, 0) is 38.2 Å². The van der Waals surface area contributed by atoms with Crippen molar-refractivity contribution in [2.24, 2.45) is 0 Å². The maximum Gasteiger partial charge on any atom is 0.123 e. The molecule has 0 atom stereocenters. The molecule has 19 heavy (non-hydrogen) atoms. The molecule has 0 amide bonds. The van der Waals surface area contributed by atoms with E-state index in [4.69, 9.17) is 5.10 Å². The first-order valence-corrected chi connectivity index (χ1v) is 6.72. The predicted molar refractivity (Wildman–Crippen MR) is 73.3 cm³/mol. The molecule has 1 aliphatic heterocycles. The zero-order valence-electron chi connectivity index (χ0n) is 11.4. The standard InChI is InChI=1S/C15H18FN3/c1-3-19-14-8-9-18(2)10-13(14)15(17-19)11-4-6-12(16)7-5-11/h4-7H,3,8-10H2,1-2H3. The molecule has 1 aromatic heterocycles. The minimum absolute atomic E-state index is 0.204. The second kappa shape index (κ2) is 4.78. The average molecular weight is 259 g/mol. The molecule has 0 radical (unpaired) electrons. The Bertz CT molecular complexity index is 586. The molecule has 3 rings (SSSR count). The van der Waals surface area contributed by atoms with Crippen molar-refractivity contribution in [3.8, 4) is 11.3 Å². The van der Waals surface area contributed by atoms with Crippen molar-refractivity contribution in [2.45, 2.75) is 26.4 Å². The number of fused-ring (bicyclic) bond motifs is 1. The quantitative estimate of drug-likeness (QED) is 0.827. The van der Waals surface area contributed by atoms with Gasteiger partial charge in [0.25, 0.3) is 0 Å². The van der Waals surface area contributed by atoms with E-state index in [9.17, 15) is 4.39 Å². The van der Waals surface area contributed by atoms with Gasteiger partial charge in [0.1, 0.15) is 5.82 Å². The zero-order valence-corrected chi connectivity index (χ0v) is 11.4. The fourth-order valence-electron chi connectivity index (χ4n) is 2.73. The van der Waals surface area contributed by atoms with Crippen molar-refractivity contribution in [2.75, 3.05) is 13.6 Å². The van der Waals surface area contributed by atoms with E-state index in [1.807, 2.05) is 12.1 Å². The number of halogens is 1. The third kappa shape index (κ3) is 2.16. The summed E-state index contributed by atoms with van der Waals surface area (Å²) in [6, 6.07) is 6.62. The third-order valence-corrected chi connectivity index (χ3v) is 3.74. The topological polar surface area (TPSA) is 21.1 Å². The number of hydrogen-bond acceptors (Lipinski definition) is 2. The minimum Gasteiger partial charge on any atom is -0.302 e. The van der Waals surface area contributed by atoms with E-state index < -0.39 is 0 Å². The molecule has 2 aromatic rings. The summed E-state index contributed by atoms with van der Waals surface area (Å²) >= 11 is 0. The Labute approximate surface area is 112 Å². The SMILES string of the molecule is CCn1nc(-c2ccc(F)cc2)c2c1CCN(C)C2. The van der Waals surface area contributed by atoms with E-state index in [1.54, 1.807) is 0 Å². The van der Waals surface area contributed by atoms with Crippen LogP contribution in [0.25, 0.3) is 11.3 Å². The van der Waals surface area contributed by atoms with Crippen LogP contribution in [-0.4, -0.2) is 28.3 Å². The van der Waals surface area contributed by atoms with Gasteiger partial charge >= 0.3 is 0 Å². The average Bonchev–Trinajstić information content (AvgIpc) is 2.77. The van der Waals surface area contributed by atoms with Crippen molar-refractivity contribution >= 4 is 0 Å². The molecule has 100 valence electrons. The van der Waals surface area contributed by atoms with E-state index in [2.05, 4.69) is 23.6 Å². The van der Waals surface area contributed by atoms with Crippen LogP contribution in [-0.2, 0) is 19.5 Å². The number of aryl methyl sites for hydroxylation is 1. The van der Waals surface area contributed by atoms with Crippen molar-refractivity contribution in [3.63, 3.8) is 0 Å². The van der Waals surface area contributed by atoms with Crippen molar-refractivity contribution in [1.29, 1.82) is 0 Å². The highest BCUT2D eigenvalue weighted by molar-refractivity contribution is 5.64. The molecule has 0 fully saturated rings. The monoisotopic (exact) mass is 259 g/mol. The lowest BCUT2D eigenvalue weighted by molar-refractivity contribution is 0.308. The third-order valence-electron chi connectivity index (χ3n) is 3.74. The Balaban J connectivity index is 2.11. The van der Waals surface area contributed by atoms with Crippen LogP contribution < -0.4 is 0 Å². The van der Waals surface area contributed by atoms with Crippen LogP contribution >= 0.6 is 0 Å². The van der Waals surface area contributed by atoms with Gasteiger partial charge in [-0.3, -0.25) is 4.68 Å². The zero-order chi connectivity index (χ0) is 13.4. The van der Waals surface area contributed by atoms with Crippen LogP contribution in [0.1, 0.15) is 18.2 Å². The normalized spacial score (nSPS) is 15.5. The smallest absolute Gasteiger partial charge is 0.123 e. The molecule has 1 aliphatic rings. The first-order valence-electron chi connectivity index (χ1n) is 6.72. The minimum atomic E-state index is -0.204. The van der Waals surface area contributed by atoms with E-state index >= 15 is 0 Å². The lowest BCUT2D eigenvalue weighted by Crippen LogP contribution is -2.27. The molecule has 0 saturated carbocycles. The van der Waals surface area contributed by atoms with Crippen LogP contribution in [0, 0.1) is 5.82 Å². The lowest BCUT2D eigenvalue weighted by atomic mass is 10.0. The Morgan fingerprint density at radius 3 is 2.68 bits per heavy atom. The fourth-order valence-corrected chi connectivity index (χ4v) is 2.73. The van der Waals surface area contributed by atoms with Crippen LogP contribution in [0.5, 0.6) is 0 Å². The molecule has 2 heterocycles. The summed E-state index contributed by atoms with van der Waals surface area (Å²) in [5.74, 6) is -0.204. The Morgan fingerprint density at radius 2 is 2.00 bits per heavy atom. The van der Waals surface area contributed by atoms with E-state index in [0.29, 0.717) is 0 Å². The van der Waals surface area contributed by atoms with Crippen molar-refractivity contribution in [3.05, 3.63) is 41.3 Å². The maximum atomic E-state index is 13.0. The fraction of sp³-hybridized carbons (Fsp3) is 0.400. The number of benzene rings is 1. The number of nitrogens with zero attached hydrogens (tertiary/aromatic N) is 3. The number of likely N-dealkylation sites (N-methyl/N-ethyl adjacent to an activating group) is 1. The summed E-state index contributed by atoms with van der Waals surface area (Å²) < 4.78 is 15.1. The number of rotatable bonds is 2. The molecule has 0 aliphatic carbocycles. The van der Waals surface area contributed by atoms with Gasteiger partial charge in [-0.25, -0.2) is 4.39 Å². The first kappa shape index (κ1) is 12.4. The second-order valence-corrected chi connectivity index (χ2v) is 5.08. The van der Waals surface area contributed by atoms with Gasteiger partial charge in [-0.15, -0.1) is 0 Å². The Kier molecular flexibility index (Phi) is 3.11. The molecule has 0 spiro atoms. The van der Waals surface area contributed by atoms with E-state index in [1.165, 1.54) is 23.4 Å². The molecule has 0 bridgehead atoms. The Hall–Kier alpha value is -1.68. The summed E-state index contributed by atoms with van der Waals surface area (Å²) in [5.41, 5.74) is 4.63. The lowest BCUT2D eigenvalue weighted by Gasteiger charge is -2.23. The first-order chi connectivity index (χ1) is 9.19. The van der Waals surface area contributed by atoms with Gasteiger partial charge in [0.15, 0.2) is 0 Å². The largest absolute Gasteiger partial charge is 0.302 e. The highest BCUT2D eigenvalue weighted by Gasteiger charge is 2.23. The molecule has 1 aromatic carbocycles. The molecule has 0 unspecified atom stereocenters. The summed E-state index contributed by atoms with van der Waals surface area (Å²) in [6.07, 6.45) is 1.04. The summed E-state index contributed by atoms with van der Waals surface area (Å²) in [7, 11) is 2.13. The van der Waals surface area contributed by atoms with Gasteiger partial charge in [0, 0.05) is 42.9 Å². The molecular weight excluding hydrogens is 241 g/mol. The van der Waals surface area contributed by atoms with Gasteiger partial charge in [-0.1, -0.05) is 0 Å². The molecule has 4 heteroatoms. The summed E-state index contributed by atoms with van der Waals surface area (Å²) in [4.78, 5) is 2.30. The second-order valence-electron chi connectivity index (χ2n) is 5.08. The van der Waals surface area contributed by atoms with E-state index in [-0.39, 0.29) is 5.82 Å². The molecule has 0 saturated heterocycles. The van der Waals surface area contributed by atoms with Crippen LogP contribution in [0.4, 0.5) is 4.39 Å². The van der Waals surface area contributed by atoms with Crippen LogP contribution in [0.3, 0.4) is 0 Å². The molecule has 0 N–H and O–H groups in total. The highest BCUT2D eigenvalue weighted by atomic mass is 19.1.